The number of rotatable bonds is 38. The van der Waals surface area contributed by atoms with Gasteiger partial charge in [0.25, 0.3) is 0 Å². The predicted octanol–water partition coefficient (Wildman–Crippen LogP) is 6.46. The summed E-state index contributed by atoms with van der Waals surface area (Å²) in [5.41, 5.74) is 0. The number of carbonyl (C=O) groups is 1. The van der Waals surface area contributed by atoms with Crippen LogP contribution < -0.4 is 0 Å². The zero-order valence-electron chi connectivity index (χ0n) is 38.4. The lowest BCUT2D eigenvalue weighted by molar-refractivity contribution is -0.332. The van der Waals surface area contributed by atoms with Crippen molar-refractivity contribution in [3.05, 3.63) is 24.3 Å². The zero-order valence-corrected chi connectivity index (χ0v) is 38.4. The average molecular weight is 889 g/mol. The maximum atomic E-state index is 13.0. The fraction of sp³-hybridized carbons (Fsp3) is 0.896. The van der Waals surface area contributed by atoms with Crippen molar-refractivity contribution in [1.29, 1.82) is 0 Å². The molecule has 2 fully saturated rings. The van der Waals surface area contributed by atoms with E-state index in [0.717, 1.165) is 64.2 Å². The Balaban J connectivity index is 1.79. The number of carbonyl (C=O) groups excluding carboxylic acids is 1. The summed E-state index contributed by atoms with van der Waals surface area (Å²) in [4.78, 5) is 13.0. The highest BCUT2D eigenvalue weighted by Gasteiger charge is 2.47. The van der Waals surface area contributed by atoms with E-state index >= 15 is 0 Å². The van der Waals surface area contributed by atoms with Crippen LogP contribution in [0.25, 0.3) is 0 Å². The van der Waals surface area contributed by atoms with E-state index in [2.05, 4.69) is 38.2 Å². The molecule has 62 heavy (non-hydrogen) atoms. The second-order valence-corrected chi connectivity index (χ2v) is 17.3. The standard InChI is InChI=1S/C48H88O14/c1-3-5-7-9-11-13-15-17-19-21-23-25-27-29-31-40(50)60-37(34-57-32-30-28-26-24-22-20-18-16-14-12-10-8-6-4-2)35-58-47-46(56)44(54)42(52)39(62-47)36-59-48-45(55)43(53)41(51)38(33-49)61-48/h8,10,14,16,37-39,41-49,51-56H,3-7,9,11-13,15,17-36H2,1-2H3/b10-8-,16-14-. The molecular weight excluding hydrogens is 801 g/mol. The molecule has 2 rings (SSSR count). The van der Waals surface area contributed by atoms with Crippen LogP contribution in [0.4, 0.5) is 0 Å². The van der Waals surface area contributed by atoms with E-state index in [-0.39, 0.29) is 25.6 Å². The minimum absolute atomic E-state index is 0.0576. The molecule has 11 unspecified atom stereocenters. The van der Waals surface area contributed by atoms with Gasteiger partial charge in [0.2, 0.25) is 0 Å². The summed E-state index contributed by atoms with van der Waals surface area (Å²) < 4.78 is 34.2. The lowest BCUT2D eigenvalue weighted by Gasteiger charge is -2.42. The first-order valence-electron chi connectivity index (χ1n) is 24.4. The molecule has 14 nitrogen and oxygen atoms in total. The summed E-state index contributed by atoms with van der Waals surface area (Å²) in [5.74, 6) is -0.379. The van der Waals surface area contributed by atoms with Gasteiger partial charge in [0.1, 0.15) is 54.9 Å². The van der Waals surface area contributed by atoms with Crippen LogP contribution in [0.2, 0.25) is 0 Å². The van der Waals surface area contributed by atoms with Crippen molar-refractivity contribution >= 4 is 5.97 Å². The monoisotopic (exact) mass is 889 g/mol. The van der Waals surface area contributed by atoms with E-state index in [1.165, 1.54) is 83.5 Å². The summed E-state index contributed by atoms with van der Waals surface area (Å²) >= 11 is 0. The highest BCUT2D eigenvalue weighted by Crippen LogP contribution is 2.26. The van der Waals surface area contributed by atoms with Crippen molar-refractivity contribution < 1.29 is 69.0 Å². The van der Waals surface area contributed by atoms with E-state index in [0.29, 0.717) is 13.0 Å². The van der Waals surface area contributed by atoms with Crippen LogP contribution >= 0.6 is 0 Å². The Morgan fingerprint density at radius 3 is 1.61 bits per heavy atom. The molecule has 2 aliphatic heterocycles. The summed E-state index contributed by atoms with van der Waals surface area (Å²) in [6.45, 7) is 3.60. The van der Waals surface area contributed by atoms with Crippen LogP contribution in [0.1, 0.15) is 174 Å². The van der Waals surface area contributed by atoms with Crippen molar-refractivity contribution in [3.8, 4) is 0 Å². The van der Waals surface area contributed by atoms with Crippen molar-refractivity contribution in [2.75, 3.05) is 33.0 Å². The van der Waals surface area contributed by atoms with E-state index in [1.54, 1.807) is 0 Å². The molecule has 7 N–H and O–H groups in total. The molecule has 364 valence electrons. The van der Waals surface area contributed by atoms with Crippen LogP contribution in [0.5, 0.6) is 0 Å². The molecule has 11 atom stereocenters. The Bertz CT molecular complexity index is 1120. The third-order valence-electron chi connectivity index (χ3n) is 11.7. The molecule has 0 spiro atoms. The van der Waals surface area contributed by atoms with E-state index in [1.807, 2.05) is 0 Å². The Kier molecular flexibility index (Phi) is 33.5. The van der Waals surface area contributed by atoms with E-state index in [9.17, 15) is 40.5 Å². The summed E-state index contributed by atoms with van der Waals surface area (Å²) in [7, 11) is 0. The summed E-state index contributed by atoms with van der Waals surface area (Å²) in [6.07, 6.45) is 21.0. The number of hydrogen-bond donors (Lipinski definition) is 7. The minimum Gasteiger partial charge on any atom is -0.457 e. The first-order chi connectivity index (χ1) is 30.1. The number of aliphatic hydroxyl groups excluding tert-OH is 7. The molecule has 0 aromatic carbocycles. The second-order valence-electron chi connectivity index (χ2n) is 17.3. The van der Waals surface area contributed by atoms with Crippen molar-refractivity contribution in [2.24, 2.45) is 0 Å². The molecule has 0 radical (unpaired) electrons. The number of allylic oxidation sites excluding steroid dienone is 4. The Morgan fingerprint density at radius 1 is 0.532 bits per heavy atom. The largest absolute Gasteiger partial charge is 0.457 e. The lowest BCUT2D eigenvalue weighted by atomic mass is 9.98. The first kappa shape index (κ1) is 56.6. The Morgan fingerprint density at radius 2 is 1.03 bits per heavy atom. The van der Waals surface area contributed by atoms with E-state index < -0.39 is 80.7 Å². The maximum absolute atomic E-state index is 13.0. The number of ether oxygens (including phenoxy) is 6. The smallest absolute Gasteiger partial charge is 0.306 e. The lowest BCUT2D eigenvalue weighted by Crippen LogP contribution is -2.61. The average Bonchev–Trinajstić information content (AvgIpc) is 3.27. The van der Waals surface area contributed by atoms with Gasteiger partial charge in [0, 0.05) is 13.0 Å². The van der Waals surface area contributed by atoms with Gasteiger partial charge in [-0.2, -0.15) is 0 Å². The Hall–Kier alpha value is -1.53. The van der Waals surface area contributed by atoms with Gasteiger partial charge < -0.3 is 64.2 Å². The predicted molar refractivity (Wildman–Crippen MR) is 238 cm³/mol. The fourth-order valence-electron chi connectivity index (χ4n) is 7.68. The third kappa shape index (κ3) is 24.7. The molecule has 0 aromatic heterocycles. The van der Waals surface area contributed by atoms with Crippen LogP contribution in [0, 0.1) is 0 Å². The molecule has 0 aliphatic carbocycles. The normalized spacial score (nSPS) is 27.4. The molecular formula is C48H88O14. The number of aliphatic hydroxyl groups is 7. The van der Waals surface area contributed by atoms with Gasteiger partial charge in [-0.05, 0) is 38.5 Å². The van der Waals surface area contributed by atoms with Crippen LogP contribution in [-0.4, -0.2) is 142 Å². The van der Waals surface area contributed by atoms with Gasteiger partial charge >= 0.3 is 5.97 Å². The van der Waals surface area contributed by atoms with Crippen LogP contribution in [-0.2, 0) is 33.2 Å². The molecule has 0 saturated carbocycles. The molecule has 2 saturated heterocycles. The second kappa shape index (κ2) is 36.7. The van der Waals surface area contributed by atoms with Gasteiger partial charge in [0.05, 0.1) is 26.4 Å². The highest BCUT2D eigenvalue weighted by atomic mass is 16.7. The number of unbranched alkanes of at least 4 members (excludes halogenated alkanes) is 20. The molecule has 2 aliphatic rings. The highest BCUT2D eigenvalue weighted by molar-refractivity contribution is 5.69. The third-order valence-corrected chi connectivity index (χ3v) is 11.7. The van der Waals surface area contributed by atoms with Crippen LogP contribution in [0.3, 0.4) is 0 Å². The van der Waals surface area contributed by atoms with Gasteiger partial charge in [-0.3, -0.25) is 4.79 Å². The van der Waals surface area contributed by atoms with Crippen molar-refractivity contribution in [3.63, 3.8) is 0 Å². The van der Waals surface area contributed by atoms with Gasteiger partial charge in [-0.1, -0.05) is 154 Å². The van der Waals surface area contributed by atoms with Crippen LogP contribution in [0.15, 0.2) is 24.3 Å². The minimum atomic E-state index is -1.70. The zero-order chi connectivity index (χ0) is 45.2. The maximum Gasteiger partial charge on any atom is 0.306 e. The molecule has 2 heterocycles. The quantitative estimate of drug-likeness (QED) is 0.0202. The topological polar surface area (TPSA) is 214 Å². The molecule has 0 bridgehead atoms. The fourth-order valence-corrected chi connectivity index (χ4v) is 7.68. The summed E-state index contributed by atoms with van der Waals surface area (Å²) in [5, 5.41) is 72.0. The van der Waals surface area contributed by atoms with E-state index in [4.69, 9.17) is 28.4 Å². The SMILES string of the molecule is CCC/C=C\C/C=C\CCCCCCCCOCC(COC1OC(COC2OC(CO)C(O)C(O)C2O)C(O)C(O)C1O)OC(=O)CCCCCCCCCCCCCCCC. The molecule has 0 aromatic rings. The molecule has 0 amide bonds. The van der Waals surface area contributed by atoms with Gasteiger partial charge in [-0.25, -0.2) is 0 Å². The van der Waals surface area contributed by atoms with Gasteiger partial charge in [0.15, 0.2) is 12.6 Å². The van der Waals surface area contributed by atoms with Crippen molar-refractivity contribution in [2.45, 2.75) is 242 Å². The van der Waals surface area contributed by atoms with Gasteiger partial charge in [-0.15, -0.1) is 0 Å². The summed E-state index contributed by atoms with van der Waals surface area (Å²) in [6, 6.07) is 0. The molecule has 14 heteroatoms. The first-order valence-corrected chi connectivity index (χ1v) is 24.4. The number of hydrogen-bond acceptors (Lipinski definition) is 14. The number of esters is 1. The van der Waals surface area contributed by atoms with Crippen molar-refractivity contribution in [1.82, 2.24) is 0 Å². The Labute approximate surface area is 373 Å².